The molecule has 3 saturated carbocycles. The van der Waals surface area contributed by atoms with Gasteiger partial charge in [-0.25, -0.2) is 4.57 Å². The molecule has 3 fully saturated rings. The molecule has 0 spiro atoms. The fourth-order valence-electron chi connectivity index (χ4n) is 12.8. The van der Waals surface area contributed by atoms with Crippen LogP contribution < -0.4 is 0 Å². The summed E-state index contributed by atoms with van der Waals surface area (Å²) in [4.78, 5) is 36.4. The van der Waals surface area contributed by atoms with Gasteiger partial charge in [-0.15, -0.1) is 0 Å². The number of hydrogen-bond acceptors (Lipinski definition) is 9. The van der Waals surface area contributed by atoms with Crippen molar-refractivity contribution in [3.05, 3.63) is 11.6 Å². The Bertz CT molecular complexity index is 1520. The van der Waals surface area contributed by atoms with Crippen LogP contribution in [0.1, 0.15) is 215 Å². The highest BCUT2D eigenvalue weighted by Gasteiger charge is 2.59. The molecule has 0 amide bonds. The van der Waals surface area contributed by atoms with Crippen molar-refractivity contribution in [3.63, 3.8) is 0 Å². The van der Waals surface area contributed by atoms with Gasteiger partial charge >= 0.3 is 19.8 Å². The van der Waals surface area contributed by atoms with Crippen molar-refractivity contribution in [3.8, 4) is 0 Å². The normalized spacial score (nSPS) is 27.9. The molecule has 12 heteroatoms. The third-order valence-corrected chi connectivity index (χ3v) is 20.5. The lowest BCUT2D eigenvalue weighted by Gasteiger charge is -2.58. The lowest BCUT2D eigenvalue weighted by Crippen LogP contribution is -2.50. The largest absolute Gasteiger partial charge is 0.472 e. The minimum Gasteiger partial charge on any atom is -0.462 e. The van der Waals surface area contributed by atoms with E-state index < -0.39 is 26.5 Å². The van der Waals surface area contributed by atoms with E-state index in [1.807, 2.05) is 21.1 Å². The number of ether oxygens (including phenoxy) is 2. The van der Waals surface area contributed by atoms with Gasteiger partial charge in [0.1, 0.15) is 25.5 Å². The summed E-state index contributed by atoms with van der Waals surface area (Å²) in [5.74, 6) is 4.25. The third kappa shape index (κ3) is 20.5. The summed E-state index contributed by atoms with van der Waals surface area (Å²) in [6.45, 7) is 14.7. The van der Waals surface area contributed by atoms with Crippen molar-refractivity contribution in [2.45, 2.75) is 226 Å². The molecular weight excluding hydrogens is 898 g/mol. The number of fused-ring (bicyclic) bond motifs is 5. The van der Waals surface area contributed by atoms with Crippen LogP contribution in [0.2, 0.25) is 0 Å². The number of carbonyl (C=O) groups is 2. The Kier molecular flexibility index (Phi) is 26.3. The van der Waals surface area contributed by atoms with E-state index in [0.717, 1.165) is 67.6 Å². The average Bonchev–Trinajstić information content (AvgIpc) is 3.62. The lowest BCUT2D eigenvalue weighted by atomic mass is 9.47. The fourth-order valence-corrected chi connectivity index (χ4v) is 16.0. The minimum absolute atomic E-state index is 0.0286. The van der Waals surface area contributed by atoms with Crippen LogP contribution >= 0.6 is 29.4 Å². The zero-order chi connectivity index (χ0) is 48.9. The molecule has 67 heavy (non-hydrogen) atoms. The van der Waals surface area contributed by atoms with Gasteiger partial charge in [-0.2, -0.15) is 0 Å². The fraction of sp³-hybridized carbons (Fsp3) is 0.927. The molecule has 10 atom stereocenters. The zero-order valence-electron chi connectivity index (χ0n) is 44.3. The molecular formula is C55H101NO8PS2+. The van der Waals surface area contributed by atoms with E-state index in [2.05, 4.69) is 47.6 Å². The van der Waals surface area contributed by atoms with Crippen LogP contribution in [0.3, 0.4) is 0 Å². The van der Waals surface area contributed by atoms with E-state index in [9.17, 15) is 19.0 Å². The second kappa shape index (κ2) is 29.8. The highest BCUT2D eigenvalue weighted by atomic mass is 33.1. The molecule has 4 aliphatic rings. The lowest BCUT2D eigenvalue weighted by molar-refractivity contribution is -0.870. The molecule has 0 aromatic heterocycles. The number of likely N-dealkylation sites (N-methyl/N-ethyl adjacent to an activating group) is 1. The van der Waals surface area contributed by atoms with E-state index in [4.69, 9.17) is 18.5 Å². The molecule has 0 saturated heterocycles. The molecule has 2 unspecified atom stereocenters. The van der Waals surface area contributed by atoms with Gasteiger partial charge in [0.05, 0.1) is 27.7 Å². The van der Waals surface area contributed by atoms with Crippen molar-refractivity contribution in [1.29, 1.82) is 0 Å². The summed E-state index contributed by atoms with van der Waals surface area (Å²) >= 11 is 0. The predicted molar refractivity (Wildman–Crippen MR) is 282 cm³/mol. The number of unbranched alkanes of at least 4 members (excludes halogenated alkanes) is 14. The number of carbonyl (C=O) groups excluding carboxylic acids is 2. The number of hydrogen-bond donors (Lipinski definition) is 1. The van der Waals surface area contributed by atoms with E-state index in [0.29, 0.717) is 21.7 Å². The van der Waals surface area contributed by atoms with Gasteiger partial charge in [-0.05, 0) is 104 Å². The van der Waals surface area contributed by atoms with Gasteiger partial charge in [0.25, 0.3) is 0 Å². The van der Waals surface area contributed by atoms with Crippen LogP contribution in [-0.4, -0.2) is 85.9 Å². The Morgan fingerprint density at radius 2 is 1.43 bits per heavy atom. The summed E-state index contributed by atoms with van der Waals surface area (Å²) in [6, 6.07) is 0. The number of allylic oxidation sites excluding steroid dienone is 2. The van der Waals surface area contributed by atoms with E-state index in [-0.39, 0.29) is 36.8 Å². The second-order valence-corrected chi connectivity index (χ2v) is 27.7. The molecule has 9 nitrogen and oxygen atoms in total. The first-order valence-corrected chi connectivity index (χ1v) is 31.5. The van der Waals surface area contributed by atoms with Crippen LogP contribution in [0.15, 0.2) is 11.6 Å². The molecule has 0 aromatic rings. The Hall–Kier alpha value is -0.550. The highest BCUT2D eigenvalue weighted by molar-refractivity contribution is 8.77. The average molecular weight is 1000 g/mol. The van der Waals surface area contributed by atoms with Crippen LogP contribution in [0.25, 0.3) is 0 Å². The number of phosphoric acid groups is 1. The van der Waals surface area contributed by atoms with Crippen LogP contribution in [0.4, 0.5) is 0 Å². The van der Waals surface area contributed by atoms with Gasteiger partial charge in [-0.3, -0.25) is 18.6 Å². The maximum absolute atomic E-state index is 13.2. The number of esters is 2. The van der Waals surface area contributed by atoms with Crippen molar-refractivity contribution in [1.82, 2.24) is 0 Å². The maximum atomic E-state index is 13.2. The summed E-state index contributed by atoms with van der Waals surface area (Å²) in [5.41, 5.74) is 2.43. The Balaban J connectivity index is 1.18. The van der Waals surface area contributed by atoms with Crippen LogP contribution in [0, 0.1) is 46.3 Å². The molecule has 1 N–H and O–H groups in total. The van der Waals surface area contributed by atoms with Crippen LogP contribution in [0.5, 0.6) is 0 Å². The quantitative estimate of drug-likeness (QED) is 0.0165. The highest BCUT2D eigenvalue weighted by Crippen LogP contribution is 2.68. The number of phosphoric ester groups is 1. The number of nitrogens with zero attached hydrogens (tertiary/aromatic N) is 1. The second-order valence-electron chi connectivity index (χ2n) is 23.6. The molecule has 0 aromatic carbocycles. The van der Waals surface area contributed by atoms with Crippen molar-refractivity contribution >= 4 is 41.3 Å². The topological polar surface area (TPSA) is 108 Å². The summed E-state index contributed by atoms with van der Waals surface area (Å²) < 4.78 is 35.1. The molecule has 390 valence electrons. The molecule has 4 aliphatic carbocycles. The van der Waals surface area contributed by atoms with Crippen molar-refractivity contribution in [2.24, 2.45) is 46.3 Å². The van der Waals surface area contributed by atoms with Gasteiger partial charge in [0.15, 0.2) is 6.10 Å². The first kappa shape index (κ1) is 59.0. The first-order valence-electron chi connectivity index (χ1n) is 27.6. The number of rotatable bonds is 35. The number of quaternary nitrogens is 1. The van der Waals surface area contributed by atoms with E-state index >= 15 is 0 Å². The van der Waals surface area contributed by atoms with Gasteiger partial charge < -0.3 is 18.9 Å². The molecule has 0 radical (unpaired) electrons. The van der Waals surface area contributed by atoms with Gasteiger partial charge in [0.2, 0.25) is 0 Å². The van der Waals surface area contributed by atoms with E-state index in [1.165, 1.54) is 146 Å². The Morgan fingerprint density at radius 3 is 2.06 bits per heavy atom. The summed E-state index contributed by atoms with van der Waals surface area (Å²) in [5, 5.41) is 0.439. The smallest absolute Gasteiger partial charge is 0.462 e. The SMILES string of the molecule is CCCCCCCCCCCCCCCCCC(=O)OCC(COP(=O)(O)OCC[N+](C)(C)C)OC(=O)CSS[C@H]1CC[C@@]2(C)C(=CC[C@H]3[C@@H]4CC[C@H]([C@H](C)CCCC(C)C)[C@@]4(C)CC[C@@H]32)C1. The minimum atomic E-state index is -4.42. The monoisotopic (exact) mass is 999 g/mol. The molecule has 0 bridgehead atoms. The van der Waals surface area contributed by atoms with Gasteiger partial charge in [0, 0.05) is 11.7 Å². The third-order valence-electron chi connectivity index (χ3n) is 16.8. The molecule has 0 heterocycles. The molecule has 4 rings (SSSR count). The zero-order valence-corrected chi connectivity index (χ0v) is 46.9. The summed E-state index contributed by atoms with van der Waals surface area (Å²) in [6.07, 6.45) is 35.1. The predicted octanol–water partition coefficient (Wildman–Crippen LogP) is 15.3. The molecule has 0 aliphatic heterocycles. The Labute approximate surface area is 418 Å². The van der Waals surface area contributed by atoms with Crippen LogP contribution in [-0.2, 0) is 32.7 Å². The van der Waals surface area contributed by atoms with Gasteiger partial charge in [-0.1, -0.05) is 184 Å². The first-order chi connectivity index (χ1) is 31.9. The van der Waals surface area contributed by atoms with Crippen molar-refractivity contribution < 1.29 is 42.1 Å². The summed E-state index contributed by atoms with van der Waals surface area (Å²) in [7, 11) is 4.78. The standard InChI is InChI=1S/C55H100NO8PS2/c1-10-11-12-13-14-15-16-17-18-19-20-21-22-23-24-28-52(57)61-40-46(41-63-65(59,60)62-38-37-56(7,8)9)64-53(58)42-66-67-47-33-35-54(5)45(39-47)29-30-48-50-32-31-49(44(4)27-25-26-43(2)3)55(50,6)36-34-51(48)54/h29,43-44,46-51H,10-28,30-42H2,1-9H3/p+1/t44-,46?,47+,48+,49-,50+,51+,54+,55-/m1/s1. The Morgan fingerprint density at radius 1 is 0.791 bits per heavy atom. The maximum Gasteiger partial charge on any atom is 0.472 e. The van der Waals surface area contributed by atoms with E-state index in [1.54, 1.807) is 16.4 Å². The van der Waals surface area contributed by atoms with Crippen molar-refractivity contribution in [2.75, 3.05) is 53.3 Å².